The third kappa shape index (κ3) is 5.04. The normalized spacial score (nSPS) is 26.9. The monoisotopic (exact) mass is 263 g/mol. The summed E-state index contributed by atoms with van der Waals surface area (Å²) in [5, 5.41) is 8.93. The SMILES string of the molecule is CC1CC(C(=O)O)CCN1CCCS(C)(=O)=O. The third-order valence-corrected chi connectivity index (χ3v) is 4.35. The van der Waals surface area contributed by atoms with Gasteiger partial charge in [-0.05, 0) is 39.3 Å². The number of sulfone groups is 1. The smallest absolute Gasteiger partial charge is 0.306 e. The zero-order valence-electron chi connectivity index (χ0n) is 10.4. The number of nitrogens with zero attached hydrogens (tertiary/aromatic N) is 1. The molecule has 2 unspecified atom stereocenters. The predicted octanol–water partition coefficient (Wildman–Crippen LogP) is 0.606. The summed E-state index contributed by atoms with van der Waals surface area (Å²) >= 11 is 0. The first-order chi connectivity index (χ1) is 7.79. The van der Waals surface area contributed by atoms with Gasteiger partial charge in [-0.15, -0.1) is 0 Å². The zero-order valence-corrected chi connectivity index (χ0v) is 11.2. The lowest BCUT2D eigenvalue weighted by molar-refractivity contribution is -0.144. The molecule has 5 nitrogen and oxygen atoms in total. The van der Waals surface area contributed by atoms with Crippen molar-refractivity contribution in [2.24, 2.45) is 5.92 Å². The molecular formula is C11H21NO4S. The van der Waals surface area contributed by atoms with Gasteiger partial charge in [0.25, 0.3) is 0 Å². The third-order valence-electron chi connectivity index (χ3n) is 3.32. The second kappa shape index (κ2) is 5.82. The number of likely N-dealkylation sites (tertiary alicyclic amines) is 1. The molecule has 1 aliphatic heterocycles. The summed E-state index contributed by atoms with van der Waals surface area (Å²) in [5.74, 6) is -0.748. The average Bonchev–Trinajstić information content (AvgIpc) is 2.18. The van der Waals surface area contributed by atoms with Gasteiger partial charge in [-0.2, -0.15) is 0 Å². The van der Waals surface area contributed by atoms with Crippen molar-refractivity contribution < 1.29 is 18.3 Å². The molecule has 0 bridgehead atoms. The number of piperidine rings is 1. The summed E-state index contributed by atoms with van der Waals surface area (Å²) in [6, 6.07) is 0.226. The van der Waals surface area contributed by atoms with Crippen LogP contribution in [0, 0.1) is 5.92 Å². The highest BCUT2D eigenvalue weighted by Gasteiger charge is 2.29. The Bertz CT molecular complexity index is 366. The number of aliphatic carboxylic acids is 1. The number of hydrogen-bond donors (Lipinski definition) is 1. The molecular weight excluding hydrogens is 242 g/mol. The highest BCUT2D eigenvalue weighted by molar-refractivity contribution is 7.90. The Hall–Kier alpha value is -0.620. The van der Waals surface area contributed by atoms with Gasteiger partial charge in [0.1, 0.15) is 9.84 Å². The maximum absolute atomic E-state index is 11.0. The van der Waals surface area contributed by atoms with Crippen LogP contribution in [-0.4, -0.2) is 55.5 Å². The van der Waals surface area contributed by atoms with Crippen LogP contribution in [0.15, 0.2) is 0 Å². The first-order valence-electron chi connectivity index (χ1n) is 5.94. The molecule has 1 fully saturated rings. The van der Waals surface area contributed by atoms with Crippen molar-refractivity contribution in [2.75, 3.05) is 25.1 Å². The van der Waals surface area contributed by atoms with Crippen molar-refractivity contribution in [1.82, 2.24) is 4.90 Å². The number of carbonyl (C=O) groups is 1. The highest BCUT2D eigenvalue weighted by Crippen LogP contribution is 2.22. The van der Waals surface area contributed by atoms with Crippen LogP contribution in [0.25, 0.3) is 0 Å². The molecule has 0 aromatic heterocycles. The van der Waals surface area contributed by atoms with E-state index in [0.29, 0.717) is 19.3 Å². The molecule has 100 valence electrons. The molecule has 1 N–H and O–H groups in total. The van der Waals surface area contributed by atoms with Crippen LogP contribution in [0.3, 0.4) is 0 Å². The zero-order chi connectivity index (χ0) is 13.1. The fourth-order valence-electron chi connectivity index (χ4n) is 2.31. The molecule has 0 saturated carbocycles. The van der Waals surface area contributed by atoms with Gasteiger partial charge < -0.3 is 10.0 Å². The van der Waals surface area contributed by atoms with Crippen LogP contribution < -0.4 is 0 Å². The number of carboxylic acids is 1. The van der Waals surface area contributed by atoms with Crippen molar-refractivity contribution in [3.8, 4) is 0 Å². The summed E-state index contributed by atoms with van der Waals surface area (Å²) < 4.78 is 22.0. The van der Waals surface area contributed by atoms with E-state index >= 15 is 0 Å². The van der Waals surface area contributed by atoms with Crippen LogP contribution in [0.2, 0.25) is 0 Å². The van der Waals surface area contributed by atoms with Crippen LogP contribution in [0.1, 0.15) is 26.2 Å². The minimum Gasteiger partial charge on any atom is -0.481 e. The number of rotatable bonds is 5. The Morgan fingerprint density at radius 1 is 1.47 bits per heavy atom. The van der Waals surface area contributed by atoms with E-state index in [1.807, 2.05) is 6.92 Å². The Morgan fingerprint density at radius 3 is 2.59 bits per heavy atom. The Kier molecular flexibility index (Phi) is 4.94. The molecule has 0 amide bonds. The lowest BCUT2D eigenvalue weighted by atomic mass is 9.92. The summed E-state index contributed by atoms with van der Waals surface area (Å²) in [6.45, 7) is 3.50. The fourth-order valence-corrected chi connectivity index (χ4v) is 2.96. The molecule has 1 rings (SSSR count). The Balaban J connectivity index is 2.35. The van der Waals surface area contributed by atoms with E-state index in [1.165, 1.54) is 6.26 Å². The van der Waals surface area contributed by atoms with Gasteiger partial charge in [0, 0.05) is 12.3 Å². The minimum atomic E-state index is -2.89. The summed E-state index contributed by atoms with van der Waals surface area (Å²) in [7, 11) is -2.89. The summed E-state index contributed by atoms with van der Waals surface area (Å²) in [4.78, 5) is 13.0. The lowest BCUT2D eigenvalue weighted by Gasteiger charge is -2.36. The van der Waals surface area contributed by atoms with E-state index in [0.717, 1.165) is 13.1 Å². The van der Waals surface area contributed by atoms with E-state index < -0.39 is 15.8 Å². The van der Waals surface area contributed by atoms with E-state index in [1.54, 1.807) is 0 Å². The van der Waals surface area contributed by atoms with Crippen LogP contribution in [-0.2, 0) is 14.6 Å². The number of hydrogen-bond acceptors (Lipinski definition) is 4. The maximum atomic E-state index is 11.0. The highest BCUT2D eigenvalue weighted by atomic mass is 32.2. The second-order valence-corrected chi connectivity index (χ2v) is 7.19. The van der Waals surface area contributed by atoms with Crippen molar-refractivity contribution >= 4 is 15.8 Å². The van der Waals surface area contributed by atoms with Crippen molar-refractivity contribution in [1.29, 1.82) is 0 Å². The quantitative estimate of drug-likeness (QED) is 0.786. The molecule has 17 heavy (non-hydrogen) atoms. The van der Waals surface area contributed by atoms with Gasteiger partial charge in [-0.3, -0.25) is 4.79 Å². The molecule has 6 heteroatoms. The maximum Gasteiger partial charge on any atom is 0.306 e. The molecule has 0 radical (unpaired) electrons. The van der Waals surface area contributed by atoms with Gasteiger partial charge >= 0.3 is 5.97 Å². The first-order valence-corrected chi connectivity index (χ1v) is 8.00. The molecule has 1 heterocycles. The molecule has 0 aromatic rings. The van der Waals surface area contributed by atoms with Gasteiger partial charge in [-0.1, -0.05) is 0 Å². The Labute approximate surface area is 103 Å². The van der Waals surface area contributed by atoms with E-state index in [2.05, 4.69) is 4.90 Å². The predicted molar refractivity (Wildman–Crippen MR) is 65.7 cm³/mol. The van der Waals surface area contributed by atoms with Crippen molar-refractivity contribution in [2.45, 2.75) is 32.2 Å². The molecule has 2 atom stereocenters. The first kappa shape index (κ1) is 14.4. The fraction of sp³-hybridized carbons (Fsp3) is 0.909. The van der Waals surface area contributed by atoms with Gasteiger partial charge in [0.15, 0.2) is 0 Å². The largest absolute Gasteiger partial charge is 0.481 e. The van der Waals surface area contributed by atoms with Gasteiger partial charge in [0.05, 0.1) is 11.7 Å². The van der Waals surface area contributed by atoms with E-state index in [9.17, 15) is 13.2 Å². The molecule has 0 aliphatic carbocycles. The summed E-state index contributed by atoms with van der Waals surface area (Å²) in [6.07, 6.45) is 3.20. The van der Waals surface area contributed by atoms with E-state index in [4.69, 9.17) is 5.11 Å². The van der Waals surface area contributed by atoms with E-state index in [-0.39, 0.29) is 17.7 Å². The van der Waals surface area contributed by atoms with Crippen LogP contribution in [0.4, 0.5) is 0 Å². The van der Waals surface area contributed by atoms with Crippen molar-refractivity contribution in [3.05, 3.63) is 0 Å². The average molecular weight is 263 g/mol. The van der Waals surface area contributed by atoms with Gasteiger partial charge in [-0.25, -0.2) is 8.42 Å². The summed E-state index contributed by atoms with van der Waals surface area (Å²) in [5.41, 5.74) is 0. The molecule has 1 saturated heterocycles. The minimum absolute atomic E-state index is 0.207. The molecule has 1 aliphatic rings. The standard InChI is InChI=1S/C11H21NO4S/c1-9-8-10(11(13)14)4-6-12(9)5-3-7-17(2,15)16/h9-10H,3-8H2,1-2H3,(H,13,14). The van der Waals surface area contributed by atoms with Crippen molar-refractivity contribution in [3.63, 3.8) is 0 Å². The van der Waals surface area contributed by atoms with Crippen LogP contribution in [0.5, 0.6) is 0 Å². The number of carboxylic acid groups (broad SMARTS) is 1. The molecule has 0 aromatic carbocycles. The molecule has 0 spiro atoms. The Morgan fingerprint density at radius 2 is 2.12 bits per heavy atom. The second-order valence-electron chi connectivity index (χ2n) is 4.93. The van der Waals surface area contributed by atoms with Gasteiger partial charge in [0.2, 0.25) is 0 Å². The lowest BCUT2D eigenvalue weighted by Crippen LogP contribution is -2.43. The van der Waals surface area contributed by atoms with Crippen LogP contribution >= 0.6 is 0 Å². The topological polar surface area (TPSA) is 74.7 Å².